The molecule has 0 spiro atoms. The number of anilines is 2. The van der Waals surface area contributed by atoms with Crippen molar-refractivity contribution in [3.8, 4) is 23.1 Å². The second kappa shape index (κ2) is 9.96. The molecule has 7 heterocycles. The van der Waals surface area contributed by atoms with Crippen LogP contribution < -0.4 is 25.4 Å². The number of hydrogen-bond acceptors (Lipinski definition) is 10. The van der Waals surface area contributed by atoms with Crippen molar-refractivity contribution in [3.05, 3.63) is 23.1 Å². The Bertz CT molecular complexity index is 1740. The third kappa shape index (κ3) is 4.88. The molecule has 8 rings (SSSR count). The fourth-order valence-corrected chi connectivity index (χ4v) is 7.99. The number of nitrogens with two attached hydrogens (primary N) is 1. The van der Waals surface area contributed by atoms with Gasteiger partial charge in [-0.05, 0) is 52.5 Å². The molecule has 3 saturated heterocycles. The number of aryl methyl sites for hydroxylation is 1. The maximum Gasteiger partial charge on any atom is 0.418 e. The molecule has 15 heteroatoms. The summed E-state index contributed by atoms with van der Waals surface area (Å²) < 4.78 is 86.4. The predicted molar refractivity (Wildman–Crippen MR) is 159 cm³/mol. The van der Waals surface area contributed by atoms with E-state index in [4.69, 9.17) is 20.2 Å². The minimum Gasteiger partial charge on any atom is -0.472 e. The Hall–Kier alpha value is -3.59. The quantitative estimate of drug-likeness (QED) is 0.373. The summed E-state index contributed by atoms with van der Waals surface area (Å²) in [7, 11) is 0. The number of likely N-dealkylation sites (tertiary alicyclic amines) is 1. The Balaban J connectivity index is 1.26. The zero-order chi connectivity index (χ0) is 32.3. The van der Waals surface area contributed by atoms with E-state index in [1.54, 1.807) is 6.92 Å². The molecule has 246 valence electrons. The van der Waals surface area contributed by atoms with Gasteiger partial charge in [-0.1, -0.05) is 0 Å². The Morgan fingerprint density at radius 2 is 1.91 bits per heavy atom. The highest BCUT2D eigenvalue weighted by Crippen LogP contribution is 2.49. The SMILES string of the molecule is Cc1nc(N)cc(-c2nc3c4c(nc(OCC5(CN6CC(C)(F)C6)CC5)nc4c2F)N2C[C@H]4CC[C@H](N4)[C@H]2[C@H](C)O3)c1C(F)(F)F. The maximum atomic E-state index is 16.7. The van der Waals surface area contributed by atoms with Gasteiger partial charge < -0.3 is 25.4 Å². The van der Waals surface area contributed by atoms with E-state index in [2.05, 4.69) is 30.1 Å². The fourth-order valence-electron chi connectivity index (χ4n) is 7.99. The Labute approximate surface area is 261 Å². The van der Waals surface area contributed by atoms with E-state index >= 15 is 4.39 Å². The summed E-state index contributed by atoms with van der Waals surface area (Å²) in [5, 5.41) is 3.81. The zero-order valence-electron chi connectivity index (χ0n) is 25.7. The fraction of sp³-hybridized carbons (Fsp3) is 0.613. The van der Waals surface area contributed by atoms with Crippen molar-refractivity contribution in [3.63, 3.8) is 0 Å². The van der Waals surface area contributed by atoms with Gasteiger partial charge in [0.25, 0.3) is 0 Å². The van der Waals surface area contributed by atoms with E-state index in [9.17, 15) is 17.6 Å². The van der Waals surface area contributed by atoms with Crippen LogP contribution >= 0.6 is 0 Å². The van der Waals surface area contributed by atoms with Crippen molar-refractivity contribution < 1.29 is 31.4 Å². The zero-order valence-corrected chi connectivity index (χ0v) is 25.7. The number of nitrogen functional groups attached to an aromatic ring is 1. The maximum absolute atomic E-state index is 16.7. The smallest absolute Gasteiger partial charge is 0.418 e. The number of rotatable bonds is 6. The third-order valence-electron chi connectivity index (χ3n) is 10.1. The monoisotopic (exact) mass is 646 g/mol. The summed E-state index contributed by atoms with van der Waals surface area (Å²) in [5.41, 5.74) is 1.54. The van der Waals surface area contributed by atoms with Crippen molar-refractivity contribution in [2.24, 2.45) is 5.41 Å². The second-order valence-electron chi connectivity index (χ2n) is 14.0. The third-order valence-corrected chi connectivity index (χ3v) is 10.1. The molecular formula is C31H35F5N8O2. The van der Waals surface area contributed by atoms with Crippen molar-refractivity contribution in [1.82, 2.24) is 30.2 Å². The van der Waals surface area contributed by atoms with E-state index in [0.717, 1.165) is 31.7 Å². The lowest BCUT2D eigenvalue weighted by Crippen LogP contribution is -2.62. The van der Waals surface area contributed by atoms with Gasteiger partial charge in [0.1, 0.15) is 40.0 Å². The molecule has 0 radical (unpaired) electrons. The summed E-state index contributed by atoms with van der Waals surface area (Å²) in [6, 6.07) is 0.932. The van der Waals surface area contributed by atoms with Gasteiger partial charge in [0.15, 0.2) is 5.82 Å². The first-order valence-electron chi connectivity index (χ1n) is 15.7. The Morgan fingerprint density at radius 3 is 2.61 bits per heavy atom. The van der Waals surface area contributed by atoms with Gasteiger partial charge in [0.2, 0.25) is 5.88 Å². The summed E-state index contributed by atoms with van der Waals surface area (Å²) in [6.07, 6.45) is -1.70. The number of pyridine rings is 2. The van der Waals surface area contributed by atoms with E-state index < -0.39 is 46.3 Å². The lowest BCUT2D eigenvalue weighted by molar-refractivity contribution is -0.137. The van der Waals surface area contributed by atoms with E-state index in [1.807, 2.05) is 6.92 Å². The van der Waals surface area contributed by atoms with Crippen molar-refractivity contribution in [1.29, 1.82) is 0 Å². The van der Waals surface area contributed by atoms with Crippen LogP contribution in [0, 0.1) is 18.2 Å². The molecule has 0 aromatic carbocycles. The predicted octanol–water partition coefficient (Wildman–Crippen LogP) is 4.43. The van der Waals surface area contributed by atoms with Gasteiger partial charge in [-0.3, -0.25) is 4.90 Å². The van der Waals surface area contributed by atoms with E-state index in [1.165, 1.54) is 6.92 Å². The van der Waals surface area contributed by atoms with Crippen molar-refractivity contribution in [2.45, 2.75) is 82.5 Å². The lowest BCUT2D eigenvalue weighted by Gasteiger charge is -2.44. The number of nitrogens with zero attached hydrogens (tertiary/aromatic N) is 6. The van der Waals surface area contributed by atoms with Crippen LogP contribution in [-0.2, 0) is 6.18 Å². The molecule has 1 aliphatic carbocycles. The molecule has 4 aliphatic heterocycles. The molecular weight excluding hydrogens is 611 g/mol. The number of ether oxygens (including phenoxy) is 2. The highest BCUT2D eigenvalue weighted by Gasteiger charge is 2.50. The van der Waals surface area contributed by atoms with Gasteiger partial charge in [0.05, 0.1) is 23.9 Å². The Morgan fingerprint density at radius 1 is 1.15 bits per heavy atom. The molecule has 4 atom stereocenters. The summed E-state index contributed by atoms with van der Waals surface area (Å²) >= 11 is 0. The molecule has 10 nitrogen and oxygen atoms in total. The van der Waals surface area contributed by atoms with Crippen LogP contribution in [0.15, 0.2) is 6.07 Å². The molecule has 4 fully saturated rings. The van der Waals surface area contributed by atoms with Crippen LogP contribution in [0.5, 0.6) is 11.9 Å². The molecule has 0 unspecified atom stereocenters. The van der Waals surface area contributed by atoms with Crippen LogP contribution in [0.1, 0.15) is 50.8 Å². The molecule has 3 aromatic rings. The standard InChI is InChI=1S/C31H35F5N8O2/c1-14-21(31(34,35)36)17(8-19(37)38-14)23-22(32)24-20-26(44-9-16-4-5-18(39-16)25(44)15(2)46-27(20)40-23)42-28(41-24)45-13-30(6-7-30)12-43-10-29(3,33)11-43/h8,15-16,18,25,39H,4-7,9-13H2,1-3H3,(H2,37,38)/t15-,16+,18-,25+/m0/s1. The highest BCUT2D eigenvalue weighted by atomic mass is 19.4. The number of aromatic nitrogens is 4. The molecule has 2 bridgehead atoms. The molecule has 1 saturated carbocycles. The summed E-state index contributed by atoms with van der Waals surface area (Å²) in [6.45, 7) is 6.82. The molecule has 3 N–H and O–H groups in total. The number of piperazine rings is 1. The van der Waals surface area contributed by atoms with Crippen LogP contribution in [0.25, 0.3) is 22.2 Å². The number of nitrogens with one attached hydrogen (secondary N) is 1. The first kappa shape index (κ1) is 29.8. The highest BCUT2D eigenvalue weighted by molar-refractivity contribution is 5.97. The molecule has 0 amide bonds. The van der Waals surface area contributed by atoms with Crippen molar-refractivity contribution >= 4 is 22.5 Å². The lowest BCUT2D eigenvalue weighted by atomic mass is 9.96. The van der Waals surface area contributed by atoms with Gasteiger partial charge in [-0.15, -0.1) is 0 Å². The normalized spacial score (nSPS) is 27.5. The van der Waals surface area contributed by atoms with Gasteiger partial charge >= 0.3 is 12.2 Å². The minimum atomic E-state index is -4.86. The van der Waals surface area contributed by atoms with E-state index in [-0.39, 0.29) is 58.8 Å². The first-order chi connectivity index (χ1) is 21.7. The summed E-state index contributed by atoms with van der Waals surface area (Å²) in [4.78, 5) is 21.6. The van der Waals surface area contributed by atoms with Gasteiger partial charge in [0, 0.05) is 49.2 Å². The largest absolute Gasteiger partial charge is 0.472 e. The minimum absolute atomic E-state index is 0.0578. The van der Waals surface area contributed by atoms with Crippen LogP contribution in [0.3, 0.4) is 0 Å². The molecule has 3 aromatic heterocycles. The molecule has 5 aliphatic rings. The first-order valence-corrected chi connectivity index (χ1v) is 15.7. The number of alkyl halides is 4. The Kier molecular flexibility index (Phi) is 6.45. The molecule has 46 heavy (non-hydrogen) atoms. The average Bonchev–Trinajstić information content (AvgIpc) is 3.64. The number of hydrogen-bond donors (Lipinski definition) is 2. The van der Waals surface area contributed by atoms with E-state index in [0.29, 0.717) is 32.0 Å². The van der Waals surface area contributed by atoms with Crippen LogP contribution in [0.2, 0.25) is 0 Å². The van der Waals surface area contributed by atoms with Crippen LogP contribution in [0.4, 0.5) is 33.6 Å². The second-order valence-corrected chi connectivity index (χ2v) is 14.0. The average molecular weight is 647 g/mol. The van der Waals surface area contributed by atoms with Crippen LogP contribution in [-0.4, -0.2) is 87.5 Å². The van der Waals surface area contributed by atoms with Crippen molar-refractivity contribution in [2.75, 3.05) is 43.4 Å². The summed E-state index contributed by atoms with van der Waals surface area (Å²) in [5.74, 6) is -0.960. The van der Waals surface area contributed by atoms with Gasteiger partial charge in [-0.2, -0.15) is 23.1 Å². The number of halogens is 5. The van der Waals surface area contributed by atoms with Gasteiger partial charge in [-0.25, -0.2) is 18.7 Å². The topological polar surface area (TPSA) is 115 Å². The number of fused-ring (bicyclic) bond motifs is 5.